The van der Waals surface area contributed by atoms with Crippen molar-refractivity contribution in [3.8, 4) is 5.75 Å². The highest BCUT2D eigenvalue weighted by Gasteiger charge is 2.56. The van der Waals surface area contributed by atoms with Gasteiger partial charge in [0.1, 0.15) is 11.4 Å². The first-order valence-corrected chi connectivity index (χ1v) is 14.6. The molecule has 2 fully saturated rings. The van der Waals surface area contributed by atoms with Crippen molar-refractivity contribution in [1.82, 2.24) is 9.80 Å². The molecule has 8 heteroatoms. The van der Waals surface area contributed by atoms with Crippen molar-refractivity contribution in [2.24, 2.45) is 17.8 Å². The predicted octanol–water partition coefficient (Wildman–Crippen LogP) is 6.89. The van der Waals surface area contributed by atoms with E-state index >= 15 is 0 Å². The number of carbonyl (C=O) groups excluding carboxylic acids is 1. The lowest BCUT2D eigenvalue weighted by Crippen LogP contribution is -2.58. The van der Waals surface area contributed by atoms with Crippen LogP contribution in [0.2, 0.25) is 0 Å². The van der Waals surface area contributed by atoms with Crippen molar-refractivity contribution in [3.63, 3.8) is 0 Å². The Kier molecular flexibility index (Phi) is 9.34. The summed E-state index contributed by atoms with van der Waals surface area (Å²) in [5.41, 5.74) is -1.23. The minimum Gasteiger partial charge on any atom is -0.473 e. The number of hydrogen-bond acceptors (Lipinski definition) is 4. The van der Waals surface area contributed by atoms with Crippen molar-refractivity contribution < 1.29 is 27.4 Å². The lowest BCUT2D eigenvalue weighted by Gasteiger charge is -2.45. The fourth-order valence-corrected chi connectivity index (χ4v) is 6.08. The lowest BCUT2D eigenvalue weighted by molar-refractivity contribution is -0.180. The Morgan fingerprint density at radius 2 is 1.89 bits per heavy atom. The monoisotopic (exact) mass is 538 g/mol. The van der Waals surface area contributed by atoms with E-state index in [4.69, 9.17) is 9.47 Å². The molecule has 38 heavy (non-hydrogen) atoms. The summed E-state index contributed by atoms with van der Waals surface area (Å²) in [6.45, 7) is 11.8. The average Bonchev–Trinajstić information content (AvgIpc) is 3.76. The number of carbonyl (C=O) groups is 1. The Morgan fingerprint density at radius 1 is 1.16 bits per heavy atom. The first-order valence-electron chi connectivity index (χ1n) is 14.6. The molecule has 0 spiro atoms. The molecule has 1 amide bonds. The molecule has 1 aromatic rings. The summed E-state index contributed by atoms with van der Waals surface area (Å²) in [5.74, 6) is 1.81. The van der Waals surface area contributed by atoms with E-state index in [1.54, 1.807) is 4.90 Å². The maximum atomic E-state index is 13.9. The third-order valence-electron chi connectivity index (χ3n) is 8.82. The van der Waals surface area contributed by atoms with Crippen LogP contribution in [-0.2, 0) is 22.3 Å². The summed E-state index contributed by atoms with van der Waals surface area (Å²) >= 11 is 0. The summed E-state index contributed by atoms with van der Waals surface area (Å²) < 4.78 is 52.1. The van der Waals surface area contributed by atoms with Gasteiger partial charge in [0.05, 0.1) is 18.7 Å². The largest absolute Gasteiger partial charge is 0.473 e. The van der Waals surface area contributed by atoms with Gasteiger partial charge in [0.15, 0.2) is 6.73 Å². The number of ether oxygens (including phenoxy) is 2. The van der Waals surface area contributed by atoms with Gasteiger partial charge in [0.2, 0.25) is 0 Å². The van der Waals surface area contributed by atoms with Gasteiger partial charge >= 0.3 is 6.18 Å². The molecule has 5 nitrogen and oxygen atoms in total. The standard InChI is InChI=1S/C30H45F3N2O3/c1-5-15-34(17-22(4)8-7-21(3)6-2)26-13-14-29(38-19-26,24-9-10-24)28(36)35-18-23-16-25(30(31,32)33)11-12-27(23)37-20-35/h11-12,16,21-22,24,26H,5-10,13-15,17-20H2,1-4H3/t21-,22?,26+,29-/m0/s1. The predicted molar refractivity (Wildman–Crippen MR) is 142 cm³/mol. The van der Waals surface area contributed by atoms with E-state index < -0.39 is 17.3 Å². The third kappa shape index (κ3) is 6.67. The summed E-state index contributed by atoms with van der Waals surface area (Å²) in [6.07, 6.45) is 3.77. The van der Waals surface area contributed by atoms with Crippen molar-refractivity contribution in [1.29, 1.82) is 0 Å². The minimum absolute atomic E-state index is 0.0358. The number of benzene rings is 1. The zero-order valence-electron chi connectivity index (χ0n) is 23.5. The second-order valence-electron chi connectivity index (χ2n) is 12.0. The highest BCUT2D eigenvalue weighted by atomic mass is 19.4. The molecule has 2 aliphatic heterocycles. The SMILES string of the molecule is CCCN(CC(C)CC[C@@H](C)CC)[C@@H]1CC[C@@](C(=O)N2COc3ccc(C(F)(F)F)cc3C2)(C2CC2)OC1. The maximum absolute atomic E-state index is 13.9. The number of alkyl halides is 3. The Labute approximate surface area is 226 Å². The highest BCUT2D eigenvalue weighted by molar-refractivity contribution is 5.86. The highest BCUT2D eigenvalue weighted by Crippen LogP contribution is 2.48. The van der Waals surface area contributed by atoms with Crippen LogP contribution < -0.4 is 4.74 Å². The van der Waals surface area contributed by atoms with E-state index in [-0.39, 0.29) is 31.1 Å². The first-order chi connectivity index (χ1) is 18.1. The second-order valence-corrected chi connectivity index (χ2v) is 12.0. The van der Waals surface area contributed by atoms with Gasteiger partial charge in [-0.25, -0.2) is 0 Å². The quantitative estimate of drug-likeness (QED) is 0.308. The topological polar surface area (TPSA) is 42.0 Å². The molecule has 4 atom stereocenters. The molecule has 3 aliphatic rings. The van der Waals surface area contributed by atoms with E-state index in [9.17, 15) is 18.0 Å². The Bertz CT molecular complexity index is 941. The van der Waals surface area contributed by atoms with E-state index in [1.807, 2.05) is 0 Å². The maximum Gasteiger partial charge on any atom is 0.416 e. The van der Waals surface area contributed by atoms with Crippen LogP contribution in [0.25, 0.3) is 0 Å². The Morgan fingerprint density at radius 3 is 2.50 bits per heavy atom. The molecule has 1 unspecified atom stereocenters. The molecule has 1 saturated heterocycles. The third-order valence-corrected chi connectivity index (χ3v) is 8.82. The lowest BCUT2D eigenvalue weighted by atomic mass is 9.85. The zero-order valence-corrected chi connectivity index (χ0v) is 23.5. The van der Waals surface area contributed by atoms with Crippen molar-refractivity contribution in [2.45, 2.75) is 103 Å². The molecular formula is C30H45F3N2O3. The smallest absolute Gasteiger partial charge is 0.416 e. The van der Waals surface area contributed by atoms with Crippen LogP contribution >= 0.6 is 0 Å². The molecule has 1 aliphatic carbocycles. The zero-order chi connectivity index (χ0) is 27.5. The molecule has 0 aromatic heterocycles. The molecular weight excluding hydrogens is 493 g/mol. The van der Waals surface area contributed by atoms with Crippen LogP contribution in [0.3, 0.4) is 0 Å². The van der Waals surface area contributed by atoms with E-state index in [0.717, 1.165) is 56.8 Å². The molecule has 214 valence electrons. The molecule has 0 N–H and O–H groups in total. The summed E-state index contributed by atoms with van der Waals surface area (Å²) in [5, 5.41) is 0. The van der Waals surface area contributed by atoms with Crippen molar-refractivity contribution in [2.75, 3.05) is 26.4 Å². The first kappa shape index (κ1) is 29.2. The molecule has 2 heterocycles. The Hall–Kier alpha value is -1.80. The minimum atomic E-state index is -4.44. The molecule has 1 aromatic carbocycles. The fraction of sp³-hybridized carbons (Fsp3) is 0.767. The van der Waals surface area contributed by atoms with Gasteiger partial charge in [0.25, 0.3) is 5.91 Å². The van der Waals surface area contributed by atoms with Gasteiger partial charge in [0, 0.05) is 18.2 Å². The number of hydrogen-bond donors (Lipinski definition) is 0. The van der Waals surface area contributed by atoms with Crippen LogP contribution in [0.4, 0.5) is 13.2 Å². The van der Waals surface area contributed by atoms with E-state index in [2.05, 4.69) is 32.6 Å². The van der Waals surface area contributed by atoms with E-state index in [1.165, 1.54) is 25.3 Å². The van der Waals surface area contributed by atoms with Gasteiger partial charge in [-0.2, -0.15) is 13.2 Å². The van der Waals surface area contributed by atoms with Crippen LogP contribution in [-0.4, -0.2) is 53.8 Å². The van der Waals surface area contributed by atoms with Crippen LogP contribution in [0.1, 0.15) is 90.2 Å². The number of nitrogens with zero attached hydrogens (tertiary/aromatic N) is 2. The number of halogens is 3. The number of amides is 1. The summed E-state index contributed by atoms with van der Waals surface area (Å²) in [4.78, 5) is 18.0. The molecule has 1 saturated carbocycles. The fourth-order valence-electron chi connectivity index (χ4n) is 6.08. The van der Waals surface area contributed by atoms with Gasteiger partial charge in [-0.1, -0.05) is 40.5 Å². The average molecular weight is 539 g/mol. The molecule has 0 bridgehead atoms. The van der Waals surface area contributed by atoms with E-state index in [0.29, 0.717) is 30.3 Å². The number of rotatable bonds is 11. The number of fused-ring (bicyclic) bond motifs is 1. The van der Waals surface area contributed by atoms with Crippen LogP contribution in [0.15, 0.2) is 18.2 Å². The Balaban J connectivity index is 1.41. The normalized spacial score (nSPS) is 25.6. The summed E-state index contributed by atoms with van der Waals surface area (Å²) in [6, 6.07) is 3.76. The van der Waals surface area contributed by atoms with Gasteiger partial charge in [-0.3, -0.25) is 9.69 Å². The molecule has 4 rings (SSSR count). The van der Waals surface area contributed by atoms with Crippen LogP contribution in [0.5, 0.6) is 5.75 Å². The summed E-state index contributed by atoms with van der Waals surface area (Å²) in [7, 11) is 0. The van der Waals surface area contributed by atoms with Crippen molar-refractivity contribution in [3.05, 3.63) is 29.3 Å². The van der Waals surface area contributed by atoms with Crippen molar-refractivity contribution >= 4 is 5.91 Å². The molecule has 0 radical (unpaired) electrons. The second kappa shape index (κ2) is 12.2. The van der Waals surface area contributed by atoms with Gasteiger partial charge in [-0.15, -0.1) is 0 Å². The van der Waals surface area contributed by atoms with Gasteiger partial charge in [-0.05, 0) is 81.0 Å². The van der Waals surface area contributed by atoms with Gasteiger partial charge < -0.3 is 14.4 Å². The van der Waals surface area contributed by atoms with Crippen LogP contribution in [0, 0.1) is 17.8 Å².